The van der Waals surface area contributed by atoms with Crippen LogP contribution >= 0.6 is 0 Å². The molecule has 0 saturated carbocycles. The van der Waals surface area contributed by atoms with E-state index in [1.165, 1.54) is 27.8 Å². The highest BCUT2D eigenvalue weighted by molar-refractivity contribution is 5.89. The molecule has 4 heterocycles. The summed E-state index contributed by atoms with van der Waals surface area (Å²) in [5.74, 6) is 2.53. The first-order chi connectivity index (χ1) is 35.7. The summed E-state index contributed by atoms with van der Waals surface area (Å²) < 4.78 is 13.0. The summed E-state index contributed by atoms with van der Waals surface area (Å²) in [4.78, 5) is 15.7. The second kappa shape index (κ2) is 19.3. The first kappa shape index (κ1) is 48.1. The molecule has 0 atom stereocenters. The van der Waals surface area contributed by atoms with Crippen LogP contribution in [0.3, 0.4) is 0 Å². The predicted octanol–water partition coefficient (Wildman–Crippen LogP) is 14.1. The highest BCUT2D eigenvalue weighted by atomic mass is 16.5. The van der Waals surface area contributed by atoms with Crippen LogP contribution in [0, 0.1) is 0 Å². The van der Waals surface area contributed by atoms with Gasteiger partial charge in [0.2, 0.25) is 5.82 Å². The minimum absolute atomic E-state index is 0.0299. The number of nitrogens with zero attached hydrogens (tertiary/aromatic N) is 9. The Balaban J connectivity index is 0.994. The monoisotopic (exact) mass is 977 g/mol. The van der Waals surface area contributed by atoms with Gasteiger partial charge in [0.15, 0.2) is 0 Å². The largest absolute Gasteiger partial charge is 0.465 e. The van der Waals surface area contributed by atoms with E-state index in [-0.39, 0.29) is 10.8 Å². The molecule has 0 saturated heterocycles. The zero-order valence-corrected chi connectivity index (χ0v) is 44.0. The first-order valence-corrected chi connectivity index (χ1v) is 26.0. The van der Waals surface area contributed by atoms with Crippen LogP contribution in [0.5, 0.6) is 6.01 Å². The third-order valence-electron chi connectivity index (χ3n) is 14.4. The zero-order valence-electron chi connectivity index (χ0n) is 44.0. The lowest BCUT2D eigenvalue weighted by Crippen LogP contribution is -2.14. The van der Waals surface area contributed by atoms with Gasteiger partial charge in [-0.2, -0.15) is 10.2 Å². The van der Waals surface area contributed by atoms with E-state index < -0.39 is 0 Å². The van der Waals surface area contributed by atoms with Gasteiger partial charge in [0.1, 0.15) is 11.6 Å². The Labute approximate surface area is 433 Å². The molecular formula is C63H64N10O. The fourth-order valence-electron chi connectivity index (χ4n) is 10.7. The number of ether oxygens (including phenoxy) is 1. The number of tetrazole rings is 1. The molecule has 0 fully saturated rings. The molecule has 74 heavy (non-hydrogen) atoms. The predicted molar refractivity (Wildman–Crippen MR) is 300 cm³/mol. The van der Waals surface area contributed by atoms with Gasteiger partial charge in [-0.15, -0.1) is 10.2 Å². The molecule has 0 bridgehead atoms. The molecule has 0 radical (unpaired) electrons. The van der Waals surface area contributed by atoms with Crippen molar-refractivity contribution in [3.05, 3.63) is 185 Å². The van der Waals surface area contributed by atoms with Crippen molar-refractivity contribution in [2.45, 2.75) is 98.6 Å². The van der Waals surface area contributed by atoms with E-state index in [9.17, 15) is 0 Å². The lowest BCUT2D eigenvalue weighted by molar-refractivity contribution is 0.301. The molecule has 0 aliphatic heterocycles. The van der Waals surface area contributed by atoms with Crippen molar-refractivity contribution in [2.75, 3.05) is 6.61 Å². The van der Waals surface area contributed by atoms with Gasteiger partial charge in [-0.1, -0.05) is 164 Å². The van der Waals surface area contributed by atoms with Gasteiger partial charge in [-0.25, -0.2) is 9.97 Å². The van der Waals surface area contributed by atoms with E-state index >= 15 is 0 Å². The van der Waals surface area contributed by atoms with Crippen LogP contribution in [-0.2, 0) is 43.8 Å². The lowest BCUT2D eigenvalue weighted by Gasteiger charge is -2.23. The molecule has 0 aliphatic carbocycles. The summed E-state index contributed by atoms with van der Waals surface area (Å²) in [7, 11) is 2.11. The van der Waals surface area contributed by atoms with E-state index in [0.717, 1.165) is 96.5 Å². The van der Waals surface area contributed by atoms with Crippen LogP contribution in [0.25, 0.3) is 78.1 Å². The highest BCUT2D eigenvalue weighted by Gasteiger charge is 2.25. The smallest absolute Gasteiger partial charge is 0.297 e. The maximum Gasteiger partial charge on any atom is 0.297 e. The lowest BCUT2D eigenvalue weighted by atomic mass is 9.82. The Morgan fingerprint density at radius 2 is 1.23 bits per heavy atom. The van der Waals surface area contributed by atoms with Gasteiger partial charge in [-0.3, -0.25) is 4.57 Å². The molecule has 11 heteroatoms. The number of fused-ring (bicyclic) bond motifs is 3. The van der Waals surface area contributed by atoms with E-state index in [1.54, 1.807) is 0 Å². The van der Waals surface area contributed by atoms with Gasteiger partial charge in [0.05, 0.1) is 46.3 Å². The Morgan fingerprint density at radius 1 is 0.568 bits per heavy atom. The summed E-state index contributed by atoms with van der Waals surface area (Å²) >= 11 is 0. The van der Waals surface area contributed by atoms with Crippen molar-refractivity contribution in [1.29, 1.82) is 0 Å². The summed E-state index contributed by atoms with van der Waals surface area (Å²) in [5.41, 5.74) is 19.9. The van der Waals surface area contributed by atoms with Crippen molar-refractivity contribution in [1.82, 2.24) is 49.3 Å². The highest BCUT2D eigenvalue weighted by Crippen LogP contribution is 2.38. The average Bonchev–Trinajstić information content (AvgIpc) is 4.20. The molecule has 0 unspecified atom stereocenters. The number of imidazole rings is 3. The Bertz CT molecular complexity index is 3810. The molecule has 0 aliphatic rings. The van der Waals surface area contributed by atoms with Crippen LogP contribution in [-0.4, -0.2) is 55.9 Å². The molecule has 7 aromatic carbocycles. The van der Waals surface area contributed by atoms with Crippen molar-refractivity contribution in [3.63, 3.8) is 0 Å². The average molecular weight is 977 g/mol. The molecule has 372 valence electrons. The topological polar surface area (TPSA) is 117 Å². The van der Waals surface area contributed by atoms with Gasteiger partial charge >= 0.3 is 0 Å². The van der Waals surface area contributed by atoms with Gasteiger partial charge in [-0.05, 0) is 122 Å². The van der Waals surface area contributed by atoms with Gasteiger partial charge in [0.25, 0.3) is 6.01 Å². The normalized spacial score (nSPS) is 12.2. The number of aryl methyl sites for hydroxylation is 2. The fourth-order valence-corrected chi connectivity index (χ4v) is 10.7. The maximum atomic E-state index is 6.15. The number of para-hydroxylation sites is 3. The van der Waals surface area contributed by atoms with Crippen molar-refractivity contribution >= 4 is 33.1 Å². The molecular weight excluding hydrogens is 913 g/mol. The van der Waals surface area contributed by atoms with Crippen molar-refractivity contribution in [3.8, 4) is 51.0 Å². The number of nitrogens with one attached hydrogen (secondary N) is 1. The third kappa shape index (κ3) is 9.16. The molecule has 1 N–H and O–H groups in total. The number of aromatic nitrogens is 10. The standard InChI is InChI=1S/C63H64N10O/c1-10-17-56-66-57-45(36-46(60-64-52-21-14-15-23-54(52)71(60)9)37-55(57)72(56)38-40-24-29-43(30-25-40)47-18-12-13-19-50(47)62(3,4)5)34-42-28-33-48(59-67-69-70-68-59)49(35-42)44-31-26-41(27-32-44)39-73-58-51(63(6,7)8)20-16-22-53(58)65-61(73)74-11-2/h12-16,18-33,35-37H,10-11,17,34,38-39H2,1-9H3,(H,67,68,69,70). The summed E-state index contributed by atoms with van der Waals surface area (Å²) in [6, 6.07) is 53.3. The van der Waals surface area contributed by atoms with Gasteiger partial charge < -0.3 is 13.9 Å². The molecule has 0 amide bonds. The number of benzene rings is 7. The van der Waals surface area contributed by atoms with E-state index in [1.807, 2.05) is 6.92 Å². The zero-order chi connectivity index (χ0) is 51.3. The van der Waals surface area contributed by atoms with Crippen molar-refractivity contribution in [2.24, 2.45) is 7.05 Å². The molecule has 11 aromatic rings. The second-order valence-electron chi connectivity index (χ2n) is 21.7. The van der Waals surface area contributed by atoms with E-state index in [2.05, 4.69) is 235 Å². The van der Waals surface area contributed by atoms with Crippen LogP contribution in [0.4, 0.5) is 0 Å². The third-order valence-corrected chi connectivity index (χ3v) is 14.4. The van der Waals surface area contributed by atoms with E-state index in [0.29, 0.717) is 38.0 Å². The van der Waals surface area contributed by atoms with Crippen LogP contribution < -0.4 is 4.74 Å². The van der Waals surface area contributed by atoms with Crippen LogP contribution in [0.1, 0.15) is 101 Å². The number of H-pyrrole nitrogens is 1. The number of hydrogen-bond donors (Lipinski definition) is 1. The SMILES string of the molecule is CCCc1nc2c(Cc3ccc(-c4nn[nH]n4)c(-c4ccc(Cn5c(OCC)nc6cccc(C(C)(C)C)c65)cc4)c3)cc(-c3nc4ccccc4n3C)cc2n1Cc1ccc(-c2ccccc2C(C)(C)C)cc1. The van der Waals surface area contributed by atoms with Crippen molar-refractivity contribution < 1.29 is 4.74 Å². The molecule has 11 rings (SSSR count). The fraction of sp³-hybridized carbons (Fsp3) is 0.270. The first-order valence-electron chi connectivity index (χ1n) is 26.0. The Hall–Kier alpha value is -8.18. The molecule has 4 aromatic heterocycles. The number of aromatic amines is 1. The minimum atomic E-state index is -0.0772. The Kier molecular flexibility index (Phi) is 12.6. The molecule has 0 spiro atoms. The Morgan fingerprint density at radius 3 is 1.92 bits per heavy atom. The summed E-state index contributed by atoms with van der Waals surface area (Å²) in [5, 5.41) is 15.5. The van der Waals surface area contributed by atoms with Gasteiger partial charge in [0, 0.05) is 31.1 Å². The molecule has 11 nitrogen and oxygen atoms in total. The minimum Gasteiger partial charge on any atom is -0.465 e. The number of hydrogen-bond acceptors (Lipinski definition) is 7. The van der Waals surface area contributed by atoms with Crippen LogP contribution in [0.2, 0.25) is 0 Å². The van der Waals surface area contributed by atoms with E-state index in [4.69, 9.17) is 19.7 Å². The van der Waals surface area contributed by atoms with Crippen LogP contribution in [0.15, 0.2) is 146 Å². The maximum absolute atomic E-state index is 6.15. The summed E-state index contributed by atoms with van der Waals surface area (Å²) in [6.07, 6.45) is 2.47. The second-order valence-corrected chi connectivity index (χ2v) is 21.7. The quantitative estimate of drug-likeness (QED) is 0.115. The summed E-state index contributed by atoms with van der Waals surface area (Å²) in [6.45, 7) is 19.7. The number of rotatable bonds is 14.